The average molecular weight is 247 g/mol. The SMILES string of the molecule is NC(=O)c1cccc(NC(=O)CC2CCCN2)c1. The summed E-state index contributed by atoms with van der Waals surface area (Å²) in [5.74, 6) is -0.542. The van der Waals surface area contributed by atoms with E-state index in [1.54, 1.807) is 24.3 Å². The minimum absolute atomic E-state index is 0.0454. The summed E-state index contributed by atoms with van der Waals surface area (Å²) in [5, 5.41) is 6.05. The van der Waals surface area contributed by atoms with Crippen LogP contribution in [0.4, 0.5) is 5.69 Å². The van der Waals surface area contributed by atoms with Crippen LogP contribution in [-0.2, 0) is 4.79 Å². The lowest BCUT2D eigenvalue weighted by Gasteiger charge is -2.10. The first kappa shape index (κ1) is 12.6. The zero-order valence-corrected chi connectivity index (χ0v) is 10.1. The second-order valence-electron chi connectivity index (χ2n) is 4.49. The number of nitrogens with two attached hydrogens (primary N) is 1. The molecule has 18 heavy (non-hydrogen) atoms. The summed E-state index contributed by atoms with van der Waals surface area (Å²) < 4.78 is 0. The van der Waals surface area contributed by atoms with Crippen LogP contribution in [0.2, 0.25) is 0 Å². The topological polar surface area (TPSA) is 84.2 Å². The van der Waals surface area contributed by atoms with Gasteiger partial charge in [-0.25, -0.2) is 0 Å². The van der Waals surface area contributed by atoms with Gasteiger partial charge >= 0.3 is 0 Å². The maximum Gasteiger partial charge on any atom is 0.248 e. The van der Waals surface area contributed by atoms with Gasteiger partial charge in [-0.05, 0) is 37.6 Å². The highest BCUT2D eigenvalue weighted by atomic mass is 16.2. The number of primary amides is 1. The van der Waals surface area contributed by atoms with Gasteiger partial charge in [-0.15, -0.1) is 0 Å². The van der Waals surface area contributed by atoms with Gasteiger partial charge in [0.15, 0.2) is 0 Å². The maximum atomic E-state index is 11.8. The molecule has 2 amide bonds. The molecule has 1 saturated heterocycles. The molecule has 5 heteroatoms. The lowest BCUT2D eigenvalue weighted by molar-refractivity contribution is -0.116. The molecule has 2 rings (SSSR count). The fraction of sp³-hybridized carbons (Fsp3) is 0.385. The van der Waals surface area contributed by atoms with Crippen molar-refractivity contribution in [3.8, 4) is 0 Å². The zero-order valence-electron chi connectivity index (χ0n) is 10.1. The molecular weight excluding hydrogens is 230 g/mol. The molecule has 1 atom stereocenters. The molecule has 0 spiro atoms. The molecule has 1 heterocycles. The monoisotopic (exact) mass is 247 g/mol. The van der Waals surface area contributed by atoms with Gasteiger partial charge in [0.05, 0.1) is 0 Å². The fourth-order valence-electron chi connectivity index (χ4n) is 2.12. The summed E-state index contributed by atoms with van der Waals surface area (Å²) in [4.78, 5) is 22.8. The Labute approximate surface area is 106 Å². The highest BCUT2D eigenvalue weighted by Crippen LogP contribution is 2.13. The third-order valence-corrected chi connectivity index (χ3v) is 3.03. The van der Waals surface area contributed by atoms with Crippen LogP contribution in [0.25, 0.3) is 0 Å². The van der Waals surface area contributed by atoms with Gasteiger partial charge in [-0.3, -0.25) is 9.59 Å². The second kappa shape index (κ2) is 5.64. The molecular formula is C13H17N3O2. The fourth-order valence-corrected chi connectivity index (χ4v) is 2.12. The number of hydrogen-bond acceptors (Lipinski definition) is 3. The van der Waals surface area contributed by atoms with Crippen molar-refractivity contribution in [2.45, 2.75) is 25.3 Å². The molecule has 1 aromatic rings. The van der Waals surface area contributed by atoms with Crippen molar-refractivity contribution in [2.75, 3.05) is 11.9 Å². The number of benzene rings is 1. The Morgan fingerprint density at radius 3 is 2.94 bits per heavy atom. The number of amides is 2. The molecule has 0 radical (unpaired) electrons. The van der Waals surface area contributed by atoms with E-state index in [9.17, 15) is 9.59 Å². The van der Waals surface area contributed by atoms with Crippen molar-refractivity contribution in [1.29, 1.82) is 0 Å². The normalized spacial score (nSPS) is 18.6. The van der Waals surface area contributed by atoms with Crippen LogP contribution < -0.4 is 16.4 Å². The number of carbonyl (C=O) groups excluding carboxylic acids is 2. The quantitative estimate of drug-likeness (QED) is 0.738. The third kappa shape index (κ3) is 3.30. The predicted molar refractivity (Wildman–Crippen MR) is 69.2 cm³/mol. The Morgan fingerprint density at radius 1 is 1.44 bits per heavy atom. The van der Waals surface area contributed by atoms with E-state index in [1.165, 1.54) is 0 Å². The Hall–Kier alpha value is -1.88. The molecule has 0 aliphatic carbocycles. The predicted octanol–water partition coefficient (Wildman–Crippen LogP) is 0.866. The molecule has 96 valence electrons. The van der Waals surface area contributed by atoms with E-state index >= 15 is 0 Å². The highest BCUT2D eigenvalue weighted by Gasteiger charge is 2.17. The smallest absolute Gasteiger partial charge is 0.248 e. The number of hydrogen-bond donors (Lipinski definition) is 3. The summed E-state index contributed by atoms with van der Waals surface area (Å²) in [6.07, 6.45) is 2.62. The van der Waals surface area contributed by atoms with E-state index in [4.69, 9.17) is 5.73 Å². The Morgan fingerprint density at radius 2 is 2.28 bits per heavy atom. The molecule has 0 bridgehead atoms. The van der Waals surface area contributed by atoms with Crippen LogP contribution in [0, 0.1) is 0 Å². The Balaban J connectivity index is 1.93. The lowest BCUT2D eigenvalue weighted by atomic mass is 10.1. The summed E-state index contributed by atoms with van der Waals surface area (Å²) in [6, 6.07) is 6.92. The number of rotatable bonds is 4. The Kier molecular flexibility index (Phi) is 3.94. The molecule has 1 aliphatic rings. The van der Waals surface area contributed by atoms with E-state index in [-0.39, 0.29) is 11.9 Å². The van der Waals surface area contributed by atoms with E-state index in [2.05, 4.69) is 10.6 Å². The van der Waals surface area contributed by atoms with Crippen molar-refractivity contribution in [3.63, 3.8) is 0 Å². The summed E-state index contributed by atoms with van der Waals surface area (Å²) in [6.45, 7) is 0.981. The average Bonchev–Trinajstić information content (AvgIpc) is 2.82. The van der Waals surface area contributed by atoms with E-state index in [1.807, 2.05) is 0 Å². The zero-order chi connectivity index (χ0) is 13.0. The van der Waals surface area contributed by atoms with Crippen molar-refractivity contribution in [1.82, 2.24) is 5.32 Å². The molecule has 1 fully saturated rings. The standard InChI is InChI=1S/C13H17N3O2/c14-13(18)9-3-1-4-11(7-9)16-12(17)8-10-5-2-6-15-10/h1,3-4,7,10,15H,2,5-6,8H2,(H2,14,18)(H,16,17). The molecule has 4 N–H and O–H groups in total. The maximum absolute atomic E-state index is 11.8. The summed E-state index contributed by atoms with van der Waals surface area (Å²) >= 11 is 0. The van der Waals surface area contributed by atoms with Crippen LogP contribution in [0.3, 0.4) is 0 Å². The van der Waals surface area contributed by atoms with Crippen molar-refractivity contribution >= 4 is 17.5 Å². The van der Waals surface area contributed by atoms with Gasteiger partial charge in [-0.2, -0.15) is 0 Å². The Bertz CT molecular complexity index is 453. The first-order valence-electron chi connectivity index (χ1n) is 6.08. The molecule has 1 unspecified atom stereocenters. The molecule has 0 saturated carbocycles. The second-order valence-corrected chi connectivity index (χ2v) is 4.49. The van der Waals surface area contributed by atoms with Gasteiger partial charge < -0.3 is 16.4 Å². The molecule has 0 aromatic heterocycles. The first-order chi connectivity index (χ1) is 8.65. The van der Waals surface area contributed by atoms with Gasteiger partial charge in [0.25, 0.3) is 0 Å². The van der Waals surface area contributed by atoms with Gasteiger partial charge in [0, 0.05) is 23.7 Å². The van der Waals surface area contributed by atoms with Gasteiger partial charge in [0.1, 0.15) is 0 Å². The van der Waals surface area contributed by atoms with Gasteiger partial charge in [0.2, 0.25) is 11.8 Å². The van der Waals surface area contributed by atoms with E-state index in [0.29, 0.717) is 17.7 Å². The largest absolute Gasteiger partial charge is 0.366 e. The summed E-state index contributed by atoms with van der Waals surface area (Å²) in [5.41, 5.74) is 6.18. The molecule has 1 aromatic carbocycles. The van der Waals surface area contributed by atoms with Crippen LogP contribution in [0.1, 0.15) is 29.6 Å². The minimum Gasteiger partial charge on any atom is -0.366 e. The van der Waals surface area contributed by atoms with Crippen LogP contribution in [-0.4, -0.2) is 24.4 Å². The lowest BCUT2D eigenvalue weighted by Crippen LogP contribution is -2.27. The number of nitrogens with one attached hydrogen (secondary N) is 2. The number of carbonyl (C=O) groups is 2. The van der Waals surface area contributed by atoms with Crippen LogP contribution in [0.5, 0.6) is 0 Å². The minimum atomic E-state index is -0.497. The first-order valence-corrected chi connectivity index (χ1v) is 6.08. The van der Waals surface area contributed by atoms with Crippen LogP contribution >= 0.6 is 0 Å². The van der Waals surface area contributed by atoms with Crippen molar-refractivity contribution in [3.05, 3.63) is 29.8 Å². The molecule has 1 aliphatic heterocycles. The van der Waals surface area contributed by atoms with Gasteiger partial charge in [-0.1, -0.05) is 6.07 Å². The van der Waals surface area contributed by atoms with E-state index < -0.39 is 5.91 Å². The van der Waals surface area contributed by atoms with Crippen LogP contribution in [0.15, 0.2) is 24.3 Å². The third-order valence-electron chi connectivity index (χ3n) is 3.03. The highest BCUT2D eigenvalue weighted by molar-refractivity contribution is 5.96. The van der Waals surface area contributed by atoms with E-state index in [0.717, 1.165) is 19.4 Å². The van der Waals surface area contributed by atoms with Crippen molar-refractivity contribution in [2.24, 2.45) is 5.73 Å². The molecule has 5 nitrogen and oxygen atoms in total. The summed E-state index contributed by atoms with van der Waals surface area (Å²) in [7, 11) is 0. The number of anilines is 1. The van der Waals surface area contributed by atoms with Crippen molar-refractivity contribution < 1.29 is 9.59 Å².